The summed E-state index contributed by atoms with van der Waals surface area (Å²) in [6.07, 6.45) is 5.36. The summed E-state index contributed by atoms with van der Waals surface area (Å²) in [6, 6.07) is 9.93. The van der Waals surface area contributed by atoms with Crippen molar-refractivity contribution in [3.05, 3.63) is 53.5 Å². The van der Waals surface area contributed by atoms with Crippen LogP contribution in [-0.2, 0) is 4.79 Å². The summed E-state index contributed by atoms with van der Waals surface area (Å²) >= 11 is 0. The van der Waals surface area contributed by atoms with E-state index in [1.54, 1.807) is 6.26 Å². The molecule has 1 aliphatic rings. The van der Waals surface area contributed by atoms with Gasteiger partial charge in [-0.25, -0.2) is 0 Å². The van der Waals surface area contributed by atoms with E-state index in [1.165, 1.54) is 19.3 Å². The summed E-state index contributed by atoms with van der Waals surface area (Å²) in [4.78, 5) is 14.7. The third-order valence-corrected chi connectivity index (χ3v) is 4.76. The van der Waals surface area contributed by atoms with E-state index >= 15 is 0 Å². The molecule has 5 nitrogen and oxygen atoms in total. The molecule has 2 aromatic rings. The van der Waals surface area contributed by atoms with Crippen LogP contribution in [0, 0.1) is 13.8 Å². The average molecular weight is 356 g/mol. The van der Waals surface area contributed by atoms with E-state index in [4.69, 9.17) is 9.15 Å². The Hall–Kier alpha value is -2.27. The van der Waals surface area contributed by atoms with Crippen LogP contribution in [0.5, 0.6) is 5.75 Å². The highest BCUT2D eigenvalue weighted by molar-refractivity contribution is 5.77. The Morgan fingerprint density at radius 3 is 2.58 bits per heavy atom. The first kappa shape index (κ1) is 18.5. The molecule has 2 heterocycles. The van der Waals surface area contributed by atoms with Crippen LogP contribution in [-0.4, -0.2) is 37.0 Å². The number of nitrogens with zero attached hydrogens (tertiary/aromatic N) is 1. The molecule has 26 heavy (non-hydrogen) atoms. The van der Waals surface area contributed by atoms with E-state index in [1.807, 2.05) is 38.1 Å². The van der Waals surface area contributed by atoms with Gasteiger partial charge in [-0.1, -0.05) is 12.5 Å². The minimum atomic E-state index is -0.113. The first-order chi connectivity index (χ1) is 12.6. The van der Waals surface area contributed by atoms with Crippen molar-refractivity contribution in [3.63, 3.8) is 0 Å². The molecule has 1 atom stereocenters. The van der Waals surface area contributed by atoms with Gasteiger partial charge in [-0.05, 0) is 75.2 Å². The fourth-order valence-electron chi connectivity index (χ4n) is 3.55. The smallest absolute Gasteiger partial charge is 0.258 e. The zero-order valence-electron chi connectivity index (χ0n) is 15.7. The van der Waals surface area contributed by atoms with Crippen molar-refractivity contribution in [1.29, 1.82) is 0 Å². The van der Waals surface area contributed by atoms with Crippen molar-refractivity contribution in [2.24, 2.45) is 0 Å². The van der Waals surface area contributed by atoms with Crippen molar-refractivity contribution in [2.75, 3.05) is 26.2 Å². The third kappa shape index (κ3) is 5.11. The lowest BCUT2D eigenvalue weighted by atomic mass is 10.1. The lowest BCUT2D eigenvalue weighted by molar-refractivity contribution is -0.123. The molecule has 1 fully saturated rings. The van der Waals surface area contributed by atoms with Crippen LogP contribution in [0.15, 0.2) is 41.0 Å². The molecule has 5 heteroatoms. The van der Waals surface area contributed by atoms with Gasteiger partial charge in [-0.2, -0.15) is 0 Å². The molecule has 1 aromatic heterocycles. The van der Waals surface area contributed by atoms with Gasteiger partial charge in [0.15, 0.2) is 6.61 Å². The monoisotopic (exact) mass is 356 g/mol. The predicted molar refractivity (Wildman–Crippen MR) is 101 cm³/mol. The summed E-state index contributed by atoms with van der Waals surface area (Å²) in [6.45, 7) is 6.68. The van der Waals surface area contributed by atoms with E-state index in [0.717, 1.165) is 35.7 Å². The zero-order chi connectivity index (χ0) is 18.4. The van der Waals surface area contributed by atoms with Crippen molar-refractivity contribution in [1.82, 2.24) is 10.2 Å². The van der Waals surface area contributed by atoms with Crippen LogP contribution in [0.25, 0.3) is 0 Å². The fourth-order valence-corrected chi connectivity index (χ4v) is 3.55. The molecule has 1 saturated heterocycles. The summed E-state index contributed by atoms with van der Waals surface area (Å²) in [5.41, 5.74) is 2.26. The maximum absolute atomic E-state index is 12.3. The normalized spacial score (nSPS) is 16.2. The first-order valence-corrected chi connectivity index (χ1v) is 9.37. The molecule has 0 unspecified atom stereocenters. The number of aryl methyl sites for hydroxylation is 2. The molecule has 0 saturated carbocycles. The average Bonchev–Trinajstić information content (AvgIpc) is 3.15. The van der Waals surface area contributed by atoms with Crippen molar-refractivity contribution >= 4 is 5.91 Å². The van der Waals surface area contributed by atoms with Crippen LogP contribution in [0.1, 0.15) is 42.2 Å². The Bertz CT molecular complexity index is 686. The maximum atomic E-state index is 12.3. The van der Waals surface area contributed by atoms with Gasteiger partial charge >= 0.3 is 0 Å². The number of hydrogen-bond donors (Lipinski definition) is 1. The molecule has 3 rings (SSSR count). The lowest BCUT2D eigenvalue weighted by Gasteiger charge is -2.33. The number of nitrogens with one attached hydrogen (secondary N) is 1. The summed E-state index contributed by atoms with van der Waals surface area (Å²) in [5, 5.41) is 3.00. The number of hydrogen-bond acceptors (Lipinski definition) is 4. The molecule has 0 aliphatic carbocycles. The topological polar surface area (TPSA) is 54.7 Å². The Morgan fingerprint density at radius 1 is 1.19 bits per heavy atom. The molecule has 1 amide bonds. The second-order valence-corrected chi connectivity index (χ2v) is 7.04. The third-order valence-electron chi connectivity index (χ3n) is 4.76. The molecule has 140 valence electrons. The highest BCUT2D eigenvalue weighted by Gasteiger charge is 2.24. The standard InChI is InChI=1S/C21H28N2O3/c1-16-11-17(2)13-18(12-16)26-15-21(24)22-14-19(20-7-6-10-25-20)23-8-4-3-5-9-23/h6-7,10-13,19H,3-5,8-9,14-15H2,1-2H3,(H,22,24)/t19-/m0/s1. The van der Waals surface area contributed by atoms with Crippen LogP contribution in [0.4, 0.5) is 0 Å². The molecule has 0 spiro atoms. The van der Waals surface area contributed by atoms with E-state index in [-0.39, 0.29) is 18.6 Å². The fraction of sp³-hybridized carbons (Fsp3) is 0.476. The Labute approximate surface area is 155 Å². The van der Waals surface area contributed by atoms with Crippen molar-refractivity contribution in [2.45, 2.75) is 39.2 Å². The number of amides is 1. The first-order valence-electron chi connectivity index (χ1n) is 9.37. The summed E-state index contributed by atoms with van der Waals surface area (Å²) < 4.78 is 11.3. The van der Waals surface area contributed by atoms with Gasteiger partial charge in [0.2, 0.25) is 0 Å². The number of piperidine rings is 1. The molecule has 0 radical (unpaired) electrons. The number of benzene rings is 1. The minimum absolute atomic E-state index is 0.0216. The second kappa shape index (κ2) is 8.90. The van der Waals surface area contributed by atoms with Gasteiger partial charge in [0, 0.05) is 6.54 Å². The molecule has 0 bridgehead atoms. The molecule has 1 aliphatic heterocycles. The maximum Gasteiger partial charge on any atom is 0.258 e. The van der Waals surface area contributed by atoms with Gasteiger partial charge in [0.25, 0.3) is 5.91 Å². The van der Waals surface area contributed by atoms with Crippen molar-refractivity contribution < 1.29 is 13.9 Å². The van der Waals surface area contributed by atoms with Gasteiger partial charge in [0.1, 0.15) is 11.5 Å². The predicted octanol–water partition coefficient (Wildman–Crippen LogP) is 3.62. The number of carbonyl (C=O) groups excluding carboxylic acids is 1. The second-order valence-electron chi connectivity index (χ2n) is 7.04. The van der Waals surface area contributed by atoms with E-state index in [2.05, 4.69) is 16.3 Å². The highest BCUT2D eigenvalue weighted by Crippen LogP contribution is 2.24. The number of likely N-dealkylation sites (tertiary alicyclic amines) is 1. The van der Waals surface area contributed by atoms with Crippen LogP contribution in [0.3, 0.4) is 0 Å². The molecule has 1 aromatic carbocycles. The molecular formula is C21H28N2O3. The van der Waals surface area contributed by atoms with Gasteiger partial charge in [-0.15, -0.1) is 0 Å². The molecule has 1 N–H and O–H groups in total. The van der Waals surface area contributed by atoms with Crippen molar-refractivity contribution in [3.8, 4) is 5.75 Å². The lowest BCUT2D eigenvalue weighted by Crippen LogP contribution is -2.41. The van der Waals surface area contributed by atoms with Crippen LogP contribution in [0.2, 0.25) is 0 Å². The molecular weight excluding hydrogens is 328 g/mol. The number of carbonyl (C=O) groups is 1. The number of furan rings is 1. The quantitative estimate of drug-likeness (QED) is 0.823. The van der Waals surface area contributed by atoms with E-state index in [0.29, 0.717) is 6.54 Å². The number of ether oxygens (including phenoxy) is 1. The summed E-state index contributed by atoms with van der Waals surface area (Å²) in [7, 11) is 0. The van der Waals surface area contributed by atoms with E-state index < -0.39 is 0 Å². The van der Waals surface area contributed by atoms with Gasteiger partial charge in [0.05, 0.1) is 12.3 Å². The Kier molecular flexibility index (Phi) is 6.34. The number of rotatable bonds is 7. The SMILES string of the molecule is Cc1cc(C)cc(OCC(=O)NC[C@@H](c2ccco2)N2CCCCC2)c1. The highest BCUT2D eigenvalue weighted by atomic mass is 16.5. The summed E-state index contributed by atoms with van der Waals surface area (Å²) in [5.74, 6) is 1.52. The van der Waals surface area contributed by atoms with Gasteiger partial charge in [-0.3, -0.25) is 9.69 Å². The van der Waals surface area contributed by atoms with Crippen LogP contribution >= 0.6 is 0 Å². The van der Waals surface area contributed by atoms with Gasteiger partial charge < -0.3 is 14.5 Å². The minimum Gasteiger partial charge on any atom is -0.484 e. The Morgan fingerprint density at radius 2 is 1.92 bits per heavy atom. The van der Waals surface area contributed by atoms with E-state index in [9.17, 15) is 4.79 Å². The Balaban J connectivity index is 1.53. The zero-order valence-corrected chi connectivity index (χ0v) is 15.7. The largest absolute Gasteiger partial charge is 0.484 e. The van der Waals surface area contributed by atoms with Crippen LogP contribution < -0.4 is 10.1 Å².